The summed E-state index contributed by atoms with van der Waals surface area (Å²) in [7, 11) is 0. The fourth-order valence-electron chi connectivity index (χ4n) is 0.271. The van der Waals surface area contributed by atoms with E-state index in [0.29, 0.717) is 4.31 Å². The smallest absolute Gasteiger partial charge is 0.264 e. The highest BCUT2D eigenvalue weighted by Gasteiger charge is 2.02. The first kappa shape index (κ1) is 8.32. The van der Waals surface area contributed by atoms with Crippen LogP contribution >= 0.6 is 0 Å². The maximum Gasteiger partial charge on any atom is 0.264 e. The molecule has 1 amide bonds. The lowest BCUT2D eigenvalue weighted by Gasteiger charge is -2.06. The molecule has 0 aliphatic carbocycles. The molecule has 0 aromatic carbocycles. The zero-order valence-corrected chi connectivity index (χ0v) is 5.50. The average molecular weight is 149 g/mol. The van der Waals surface area contributed by atoms with E-state index in [1.807, 2.05) is 0 Å². The van der Waals surface area contributed by atoms with Crippen LogP contribution in [0, 0.1) is 0 Å². The van der Waals surface area contributed by atoms with Crippen LogP contribution in [-0.4, -0.2) is 26.0 Å². The van der Waals surface area contributed by atoms with E-state index >= 15 is 0 Å². The molecule has 0 bridgehead atoms. The molecule has 0 spiro atoms. The summed E-state index contributed by atoms with van der Waals surface area (Å²) in [5, 5.41) is 0. The minimum absolute atomic E-state index is 0.0899. The molecule has 0 radical (unpaired) electrons. The number of hydrogen-bond acceptors (Lipinski definition) is 2. The molecule has 0 saturated carbocycles. The van der Waals surface area contributed by atoms with Crippen molar-refractivity contribution in [2.75, 3.05) is 6.54 Å². The third-order valence-electron chi connectivity index (χ3n) is 0.627. The summed E-state index contributed by atoms with van der Waals surface area (Å²) in [6, 6.07) is 0. The van der Waals surface area contributed by atoms with E-state index in [-0.39, 0.29) is 13.0 Å². The highest BCUT2D eigenvalue weighted by Crippen LogP contribution is 1.85. The average Bonchev–Trinajstić information content (AvgIpc) is 1.82. The van der Waals surface area contributed by atoms with Crippen molar-refractivity contribution in [1.29, 1.82) is 0 Å². The monoisotopic (exact) mass is 149 g/mol. The second-order valence-corrected chi connectivity index (χ2v) is 2.15. The zero-order valence-electron chi connectivity index (χ0n) is 4.69. The van der Waals surface area contributed by atoms with Gasteiger partial charge < -0.3 is 0 Å². The molecule has 9 heavy (non-hydrogen) atoms. The van der Waals surface area contributed by atoms with Gasteiger partial charge in [0.1, 0.15) is 0 Å². The van der Waals surface area contributed by atoms with Gasteiger partial charge in [-0.3, -0.25) is 9.35 Å². The molecule has 0 aliphatic heterocycles. The maximum absolute atomic E-state index is 10.1. The van der Waals surface area contributed by atoms with Gasteiger partial charge in [-0.05, 0) is 0 Å². The molecule has 0 heterocycles. The number of carbonyl (C=O) groups excluding carboxylic acids is 1. The number of nitrogens with zero attached hydrogens (tertiary/aromatic N) is 1. The van der Waals surface area contributed by atoms with E-state index in [1.54, 1.807) is 0 Å². The van der Waals surface area contributed by atoms with Crippen LogP contribution in [0.15, 0.2) is 12.7 Å². The Hall–Kier alpha value is -0.680. The third-order valence-corrected chi connectivity index (χ3v) is 1.26. The first-order valence-corrected chi connectivity index (χ1v) is 3.22. The van der Waals surface area contributed by atoms with Gasteiger partial charge in [-0.15, -0.1) is 6.58 Å². The van der Waals surface area contributed by atoms with Crippen molar-refractivity contribution in [3.05, 3.63) is 12.7 Å². The Balaban J connectivity index is 3.81. The fraction of sp³-hybridized carbons (Fsp3) is 0.250. The Morgan fingerprint density at radius 1 is 1.78 bits per heavy atom. The summed E-state index contributed by atoms with van der Waals surface area (Å²) in [6.07, 6.45) is 1.65. The van der Waals surface area contributed by atoms with Gasteiger partial charge in [0.05, 0.1) is 6.54 Å². The van der Waals surface area contributed by atoms with Crippen LogP contribution in [0.5, 0.6) is 0 Å². The van der Waals surface area contributed by atoms with E-state index in [2.05, 4.69) is 6.58 Å². The summed E-state index contributed by atoms with van der Waals surface area (Å²) < 4.78 is 19.0. The Morgan fingerprint density at radius 3 is 2.44 bits per heavy atom. The van der Waals surface area contributed by atoms with E-state index in [9.17, 15) is 9.00 Å². The van der Waals surface area contributed by atoms with Gasteiger partial charge in [0.15, 0.2) is 0 Å². The molecule has 1 N–H and O–H groups in total. The van der Waals surface area contributed by atoms with Crippen LogP contribution in [0.3, 0.4) is 0 Å². The first-order chi connectivity index (χ1) is 4.22. The van der Waals surface area contributed by atoms with Crippen molar-refractivity contribution in [3.8, 4) is 0 Å². The highest BCUT2D eigenvalue weighted by atomic mass is 32.2. The molecule has 1 unspecified atom stereocenters. The Kier molecular flexibility index (Phi) is 3.90. The van der Waals surface area contributed by atoms with Gasteiger partial charge in [-0.2, -0.15) is 0 Å². The zero-order chi connectivity index (χ0) is 7.28. The van der Waals surface area contributed by atoms with Crippen LogP contribution in [-0.2, 0) is 16.1 Å². The number of hydrogen-bond donors (Lipinski definition) is 1. The van der Waals surface area contributed by atoms with Gasteiger partial charge in [-0.1, -0.05) is 6.08 Å². The lowest BCUT2D eigenvalue weighted by molar-refractivity contribution is -0.113. The molecule has 5 heteroatoms. The van der Waals surface area contributed by atoms with Crippen LogP contribution in [0.4, 0.5) is 0 Å². The summed E-state index contributed by atoms with van der Waals surface area (Å²) in [4.78, 5) is 9.86. The minimum atomic E-state index is -2.21. The second kappa shape index (κ2) is 4.22. The molecule has 0 aromatic heterocycles. The Bertz CT molecular complexity index is 136. The number of carbonyl (C=O) groups is 1. The van der Waals surface area contributed by atoms with Crippen molar-refractivity contribution >= 4 is 17.7 Å². The number of amides is 1. The Morgan fingerprint density at radius 2 is 2.33 bits per heavy atom. The second-order valence-electron chi connectivity index (χ2n) is 1.22. The standard InChI is InChI=1S/C4H7NO3S/c1-2-3-5(4-6)9(7)8/h2,4H,1,3H2,(H,7,8). The lowest BCUT2D eigenvalue weighted by atomic mass is 10.6. The first-order valence-electron chi connectivity index (χ1n) is 2.16. The predicted octanol–water partition coefficient (Wildman–Crippen LogP) is -0.232. The largest absolute Gasteiger partial charge is 0.289 e. The minimum Gasteiger partial charge on any atom is -0.289 e. The van der Waals surface area contributed by atoms with Crippen LogP contribution in [0.2, 0.25) is 0 Å². The van der Waals surface area contributed by atoms with Gasteiger partial charge >= 0.3 is 0 Å². The van der Waals surface area contributed by atoms with E-state index < -0.39 is 11.3 Å². The van der Waals surface area contributed by atoms with Gasteiger partial charge in [0.25, 0.3) is 11.3 Å². The van der Waals surface area contributed by atoms with Crippen molar-refractivity contribution in [1.82, 2.24) is 4.31 Å². The molecular weight excluding hydrogens is 142 g/mol. The van der Waals surface area contributed by atoms with Crippen molar-refractivity contribution in [3.63, 3.8) is 0 Å². The quantitative estimate of drug-likeness (QED) is 0.341. The van der Waals surface area contributed by atoms with Crippen molar-refractivity contribution in [2.24, 2.45) is 0 Å². The van der Waals surface area contributed by atoms with E-state index in [1.165, 1.54) is 6.08 Å². The maximum atomic E-state index is 10.1. The summed E-state index contributed by atoms with van der Waals surface area (Å²) in [6.45, 7) is 3.37. The molecule has 0 saturated heterocycles. The highest BCUT2D eigenvalue weighted by molar-refractivity contribution is 7.77. The molecule has 4 nitrogen and oxygen atoms in total. The molecular formula is C4H7NO3S. The molecule has 0 rings (SSSR count). The molecule has 0 aromatic rings. The van der Waals surface area contributed by atoms with Crippen molar-refractivity contribution < 1.29 is 13.6 Å². The van der Waals surface area contributed by atoms with Crippen molar-refractivity contribution in [2.45, 2.75) is 0 Å². The van der Waals surface area contributed by atoms with Crippen LogP contribution in [0.25, 0.3) is 0 Å². The fourth-order valence-corrected chi connectivity index (χ4v) is 0.577. The van der Waals surface area contributed by atoms with E-state index in [0.717, 1.165) is 0 Å². The normalized spacial score (nSPS) is 12.1. The molecule has 1 atom stereocenters. The Labute approximate surface area is 55.6 Å². The third kappa shape index (κ3) is 2.99. The SMILES string of the molecule is C=CCN(C=O)S(=O)O. The van der Waals surface area contributed by atoms with Crippen LogP contribution < -0.4 is 0 Å². The van der Waals surface area contributed by atoms with Gasteiger partial charge in [-0.25, -0.2) is 8.51 Å². The van der Waals surface area contributed by atoms with E-state index in [4.69, 9.17) is 4.55 Å². The molecule has 0 aliphatic rings. The predicted molar refractivity (Wildman–Crippen MR) is 33.7 cm³/mol. The summed E-state index contributed by atoms with van der Waals surface area (Å²) in [5.74, 6) is 0. The van der Waals surface area contributed by atoms with Crippen LogP contribution in [0.1, 0.15) is 0 Å². The van der Waals surface area contributed by atoms with Gasteiger partial charge in [0.2, 0.25) is 6.41 Å². The van der Waals surface area contributed by atoms with Gasteiger partial charge in [0, 0.05) is 0 Å². The summed E-state index contributed by atoms with van der Waals surface area (Å²) >= 11 is -2.21. The number of rotatable bonds is 4. The molecule has 52 valence electrons. The molecule has 0 fully saturated rings. The topological polar surface area (TPSA) is 57.6 Å². The lowest BCUT2D eigenvalue weighted by Crippen LogP contribution is -2.23. The summed E-state index contributed by atoms with van der Waals surface area (Å²) in [5.41, 5.74) is 0.